The number of amides is 2. The van der Waals surface area contributed by atoms with Crippen LogP contribution in [0.1, 0.15) is 26.7 Å². The molecule has 1 aliphatic heterocycles. The quantitative estimate of drug-likeness (QED) is 0.555. The molecule has 0 radical (unpaired) electrons. The molecule has 4 rings (SSSR count). The maximum absolute atomic E-state index is 12.5. The predicted octanol–water partition coefficient (Wildman–Crippen LogP) is 5.35. The molecule has 2 heterocycles. The number of halogens is 1. The van der Waals surface area contributed by atoms with Crippen molar-refractivity contribution in [3.05, 3.63) is 53.7 Å². The number of carbonyl (C=O) groups excluding carboxylic acids is 1. The van der Waals surface area contributed by atoms with Crippen LogP contribution in [-0.2, 0) is 0 Å². The second-order valence-electron chi connectivity index (χ2n) is 6.54. The summed E-state index contributed by atoms with van der Waals surface area (Å²) in [6.07, 6.45) is 3.82. The molecule has 2 aromatic carbocycles. The lowest BCUT2D eigenvalue weighted by Crippen LogP contribution is -2.46. The number of piperidine rings is 1. The van der Waals surface area contributed by atoms with Gasteiger partial charge in [0.2, 0.25) is 0 Å². The first-order valence-corrected chi connectivity index (χ1v) is 10.1. The Kier molecular flexibility index (Phi) is 6.76. The van der Waals surface area contributed by atoms with Crippen molar-refractivity contribution < 1.29 is 4.79 Å². The Hall–Kier alpha value is -2.73. The molecule has 1 saturated heterocycles. The molecule has 0 bridgehead atoms. The topological polar surface area (TPSA) is 73.1 Å². The minimum atomic E-state index is -0.0795. The second-order valence-corrected chi connectivity index (χ2v) is 6.98. The number of nitrogens with one attached hydrogen (secondary N) is 3. The lowest BCUT2D eigenvalue weighted by molar-refractivity contribution is 0.196. The molecule has 28 heavy (non-hydrogen) atoms. The van der Waals surface area contributed by atoms with E-state index < -0.39 is 0 Å². The van der Waals surface area contributed by atoms with Crippen LogP contribution in [0.4, 0.5) is 16.2 Å². The third kappa shape index (κ3) is 4.95. The summed E-state index contributed by atoms with van der Waals surface area (Å²) in [6, 6.07) is 13.4. The van der Waals surface area contributed by atoms with E-state index in [0.717, 1.165) is 41.7 Å². The number of nitrogens with zero attached hydrogens (tertiary/aromatic N) is 2. The summed E-state index contributed by atoms with van der Waals surface area (Å²) in [5, 5.41) is 15.2. The molecular weight excluding hydrogens is 374 g/mol. The third-order valence-corrected chi connectivity index (χ3v) is 4.87. The van der Waals surface area contributed by atoms with Gasteiger partial charge in [0.15, 0.2) is 0 Å². The number of fused-ring (bicyclic) bond motifs is 1. The summed E-state index contributed by atoms with van der Waals surface area (Å²) in [5.41, 5.74) is 2.81. The van der Waals surface area contributed by atoms with Crippen LogP contribution in [0.25, 0.3) is 10.9 Å². The molecule has 0 spiro atoms. The van der Waals surface area contributed by atoms with Gasteiger partial charge in [-0.3, -0.25) is 5.10 Å². The van der Waals surface area contributed by atoms with Gasteiger partial charge >= 0.3 is 6.03 Å². The molecule has 1 aliphatic rings. The van der Waals surface area contributed by atoms with Gasteiger partial charge in [-0.15, -0.1) is 0 Å². The monoisotopic (exact) mass is 399 g/mol. The number of aromatic nitrogens is 2. The van der Waals surface area contributed by atoms with E-state index in [2.05, 4.69) is 26.9 Å². The fourth-order valence-electron chi connectivity index (χ4n) is 3.28. The number of anilines is 2. The van der Waals surface area contributed by atoms with Gasteiger partial charge in [0.25, 0.3) is 0 Å². The highest BCUT2D eigenvalue weighted by molar-refractivity contribution is 6.30. The zero-order chi connectivity index (χ0) is 19.9. The summed E-state index contributed by atoms with van der Waals surface area (Å²) in [7, 11) is 0. The predicted molar refractivity (Wildman–Crippen MR) is 116 cm³/mol. The first kappa shape index (κ1) is 20.0. The van der Waals surface area contributed by atoms with Gasteiger partial charge < -0.3 is 15.5 Å². The van der Waals surface area contributed by atoms with Crippen molar-refractivity contribution in [3.63, 3.8) is 0 Å². The molecule has 1 unspecified atom stereocenters. The Morgan fingerprint density at radius 2 is 1.93 bits per heavy atom. The van der Waals surface area contributed by atoms with Crippen LogP contribution in [0.15, 0.2) is 48.7 Å². The van der Waals surface area contributed by atoms with Crippen LogP contribution in [0.5, 0.6) is 0 Å². The van der Waals surface area contributed by atoms with Gasteiger partial charge in [-0.05, 0) is 55.3 Å². The van der Waals surface area contributed by atoms with Crippen molar-refractivity contribution >= 4 is 39.9 Å². The SMILES string of the molecule is CC.O=C(Nc1ccc(Cl)cc1)N1CCCC(Nc2ccc3[nH]ncc3c2)C1. The Balaban J connectivity index is 0.00000109. The Labute approximate surface area is 170 Å². The van der Waals surface area contributed by atoms with E-state index >= 15 is 0 Å². The summed E-state index contributed by atoms with van der Waals surface area (Å²) >= 11 is 5.88. The number of rotatable bonds is 3. The van der Waals surface area contributed by atoms with Gasteiger partial charge in [-0.1, -0.05) is 25.4 Å². The maximum Gasteiger partial charge on any atom is 0.321 e. The summed E-state index contributed by atoms with van der Waals surface area (Å²) < 4.78 is 0. The van der Waals surface area contributed by atoms with Gasteiger partial charge in [-0.2, -0.15) is 5.10 Å². The average Bonchev–Trinajstić information content (AvgIpc) is 3.19. The zero-order valence-electron chi connectivity index (χ0n) is 16.2. The van der Waals surface area contributed by atoms with E-state index in [-0.39, 0.29) is 12.1 Å². The van der Waals surface area contributed by atoms with Gasteiger partial charge in [0, 0.05) is 40.9 Å². The molecule has 148 valence electrons. The van der Waals surface area contributed by atoms with Crippen LogP contribution in [0, 0.1) is 0 Å². The highest BCUT2D eigenvalue weighted by Crippen LogP contribution is 2.21. The normalized spacial score (nSPS) is 16.2. The fourth-order valence-corrected chi connectivity index (χ4v) is 3.41. The number of hydrogen-bond acceptors (Lipinski definition) is 3. The van der Waals surface area contributed by atoms with Crippen LogP contribution in [-0.4, -0.2) is 40.3 Å². The first-order valence-electron chi connectivity index (χ1n) is 9.68. The van der Waals surface area contributed by atoms with Crippen LogP contribution in [0.3, 0.4) is 0 Å². The minimum absolute atomic E-state index is 0.0795. The lowest BCUT2D eigenvalue weighted by atomic mass is 10.1. The van der Waals surface area contributed by atoms with Gasteiger partial charge in [0.05, 0.1) is 11.7 Å². The zero-order valence-corrected chi connectivity index (χ0v) is 17.0. The lowest BCUT2D eigenvalue weighted by Gasteiger charge is -2.33. The second kappa shape index (κ2) is 9.46. The minimum Gasteiger partial charge on any atom is -0.381 e. The van der Waals surface area contributed by atoms with Crippen molar-refractivity contribution in [1.29, 1.82) is 0 Å². The molecule has 0 aliphatic carbocycles. The van der Waals surface area contributed by atoms with Crippen molar-refractivity contribution in [1.82, 2.24) is 15.1 Å². The number of urea groups is 1. The van der Waals surface area contributed by atoms with E-state index in [0.29, 0.717) is 11.6 Å². The molecule has 1 fully saturated rings. The molecule has 3 aromatic rings. The molecule has 2 amide bonds. The first-order chi connectivity index (χ1) is 13.7. The van der Waals surface area contributed by atoms with Crippen LogP contribution >= 0.6 is 11.6 Å². The van der Waals surface area contributed by atoms with Gasteiger partial charge in [0.1, 0.15) is 0 Å². The number of hydrogen-bond donors (Lipinski definition) is 3. The summed E-state index contributed by atoms with van der Waals surface area (Å²) in [4.78, 5) is 14.4. The molecule has 7 heteroatoms. The fraction of sp³-hybridized carbons (Fsp3) is 0.333. The van der Waals surface area contributed by atoms with Crippen molar-refractivity contribution in [2.75, 3.05) is 23.7 Å². The van der Waals surface area contributed by atoms with Crippen molar-refractivity contribution in [2.45, 2.75) is 32.7 Å². The molecule has 3 N–H and O–H groups in total. The van der Waals surface area contributed by atoms with Crippen molar-refractivity contribution in [3.8, 4) is 0 Å². The number of H-pyrrole nitrogens is 1. The van der Waals surface area contributed by atoms with E-state index in [1.54, 1.807) is 24.3 Å². The standard InChI is InChI=1S/C19H20ClN5O.C2H6/c20-14-3-5-15(6-4-14)23-19(26)25-9-1-2-17(12-25)22-16-7-8-18-13(10-16)11-21-24-18;1-2/h3-8,10-11,17,22H,1-2,9,12H2,(H,21,24)(H,23,26);1-2H3. The van der Waals surface area contributed by atoms with Crippen LogP contribution in [0.2, 0.25) is 5.02 Å². The summed E-state index contributed by atoms with van der Waals surface area (Å²) in [5.74, 6) is 0. The Bertz CT molecular complexity index is 909. The Morgan fingerprint density at radius 1 is 1.18 bits per heavy atom. The molecular formula is C21H26ClN5O. The highest BCUT2D eigenvalue weighted by Gasteiger charge is 2.23. The number of carbonyl (C=O) groups is 1. The molecule has 1 aromatic heterocycles. The number of likely N-dealkylation sites (tertiary alicyclic amines) is 1. The van der Waals surface area contributed by atoms with Gasteiger partial charge in [-0.25, -0.2) is 4.79 Å². The molecule has 6 nitrogen and oxygen atoms in total. The molecule has 0 saturated carbocycles. The third-order valence-electron chi connectivity index (χ3n) is 4.62. The van der Waals surface area contributed by atoms with Crippen molar-refractivity contribution in [2.24, 2.45) is 0 Å². The van der Waals surface area contributed by atoms with E-state index in [1.165, 1.54) is 0 Å². The summed E-state index contributed by atoms with van der Waals surface area (Å²) in [6.45, 7) is 5.43. The maximum atomic E-state index is 12.5. The van der Waals surface area contributed by atoms with E-state index in [1.807, 2.05) is 37.1 Å². The molecule has 1 atom stereocenters. The number of benzene rings is 2. The average molecular weight is 400 g/mol. The smallest absolute Gasteiger partial charge is 0.321 e. The van der Waals surface area contributed by atoms with E-state index in [4.69, 9.17) is 11.6 Å². The van der Waals surface area contributed by atoms with E-state index in [9.17, 15) is 4.79 Å². The van der Waals surface area contributed by atoms with Crippen LogP contribution < -0.4 is 10.6 Å². The Morgan fingerprint density at radius 3 is 2.71 bits per heavy atom. The highest BCUT2D eigenvalue weighted by atomic mass is 35.5. The largest absolute Gasteiger partial charge is 0.381 e. The number of aromatic amines is 1.